The summed E-state index contributed by atoms with van der Waals surface area (Å²) in [5.41, 5.74) is 3.37. The Labute approximate surface area is 110 Å². The average molecular weight is 252 g/mol. The first kappa shape index (κ1) is 14.9. The van der Waals surface area contributed by atoms with Crippen LogP contribution in [0.4, 0.5) is 0 Å². The summed E-state index contributed by atoms with van der Waals surface area (Å²) in [7, 11) is 1.70. The number of hydrogen-bond donors (Lipinski definition) is 1. The molecule has 0 saturated carbocycles. The molecule has 4 heteroatoms. The Hall–Kier alpha value is -1.13. The third kappa shape index (κ3) is 4.63. The molecule has 0 aliphatic carbocycles. The van der Waals surface area contributed by atoms with Gasteiger partial charge in [0.2, 0.25) is 5.88 Å². The normalized spacial score (nSPS) is 10.7. The van der Waals surface area contributed by atoms with Crippen LogP contribution in [0, 0.1) is 13.8 Å². The highest BCUT2D eigenvalue weighted by molar-refractivity contribution is 5.35. The van der Waals surface area contributed by atoms with Gasteiger partial charge in [0.15, 0.2) is 0 Å². The molecule has 0 fully saturated rings. The summed E-state index contributed by atoms with van der Waals surface area (Å²) in [4.78, 5) is 4.48. The predicted octanol–water partition coefficient (Wildman–Crippen LogP) is 2.22. The number of aromatic nitrogens is 1. The minimum Gasteiger partial charge on any atom is -0.477 e. The number of nitrogens with zero attached hydrogens (tertiary/aromatic N) is 1. The lowest BCUT2D eigenvalue weighted by Crippen LogP contribution is -2.15. The van der Waals surface area contributed by atoms with Crippen LogP contribution in [0.25, 0.3) is 0 Å². The zero-order valence-electron chi connectivity index (χ0n) is 11.9. The zero-order chi connectivity index (χ0) is 13.4. The molecule has 1 rings (SSSR count). The van der Waals surface area contributed by atoms with E-state index in [0.717, 1.165) is 36.6 Å². The van der Waals surface area contributed by atoms with Gasteiger partial charge < -0.3 is 14.8 Å². The second-order valence-electron chi connectivity index (χ2n) is 4.34. The van der Waals surface area contributed by atoms with Crippen molar-refractivity contribution < 1.29 is 9.47 Å². The lowest BCUT2D eigenvalue weighted by molar-refractivity contribution is 0.170. The Bertz CT molecular complexity index is 367. The van der Waals surface area contributed by atoms with Crippen molar-refractivity contribution in [3.05, 3.63) is 22.9 Å². The summed E-state index contributed by atoms with van der Waals surface area (Å²) in [5.74, 6) is 0.754. The largest absolute Gasteiger partial charge is 0.477 e. The Kier molecular flexibility index (Phi) is 6.68. The fourth-order valence-corrected chi connectivity index (χ4v) is 1.79. The van der Waals surface area contributed by atoms with Crippen molar-refractivity contribution in [2.24, 2.45) is 0 Å². The first-order chi connectivity index (χ1) is 8.69. The Morgan fingerprint density at radius 3 is 2.72 bits per heavy atom. The molecule has 0 aromatic carbocycles. The van der Waals surface area contributed by atoms with Crippen LogP contribution in [0.3, 0.4) is 0 Å². The number of pyridine rings is 1. The third-order valence-corrected chi connectivity index (χ3v) is 2.72. The van der Waals surface area contributed by atoms with Crippen molar-refractivity contribution in [3.8, 4) is 5.88 Å². The van der Waals surface area contributed by atoms with Gasteiger partial charge in [-0.3, -0.25) is 0 Å². The topological polar surface area (TPSA) is 43.4 Å². The minimum atomic E-state index is 0.642. The average Bonchev–Trinajstić information content (AvgIpc) is 2.33. The van der Waals surface area contributed by atoms with Crippen LogP contribution < -0.4 is 10.1 Å². The summed E-state index contributed by atoms with van der Waals surface area (Å²) in [6.45, 7) is 9.29. The lowest BCUT2D eigenvalue weighted by atomic mass is 10.1. The maximum absolute atomic E-state index is 5.77. The molecule has 1 aromatic heterocycles. The number of nitrogens with one attached hydrogen (secondary N) is 1. The molecule has 0 radical (unpaired) electrons. The number of methoxy groups -OCH3 is 1. The second-order valence-corrected chi connectivity index (χ2v) is 4.34. The van der Waals surface area contributed by atoms with Gasteiger partial charge in [-0.25, -0.2) is 4.98 Å². The van der Waals surface area contributed by atoms with E-state index in [0.29, 0.717) is 13.2 Å². The smallest absolute Gasteiger partial charge is 0.218 e. The summed E-state index contributed by atoms with van der Waals surface area (Å²) in [6, 6.07) is 2.09. The van der Waals surface area contributed by atoms with Crippen molar-refractivity contribution in [3.63, 3.8) is 0 Å². The molecule has 1 heterocycles. The molecule has 0 atom stereocenters. The predicted molar refractivity (Wildman–Crippen MR) is 73.1 cm³/mol. The van der Waals surface area contributed by atoms with Gasteiger partial charge in [-0.15, -0.1) is 0 Å². The SMILES string of the molecule is CCNCc1c(C)cc(C)nc1OCCCOC. The number of hydrogen-bond acceptors (Lipinski definition) is 4. The van der Waals surface area contributed by atoms with Crippen molar-refractivity contribution in [2.45, 2.75) is 33.7 Å². The molecule has 1 aromatic rings. The van der Waals surface area contributed by atoms with Crippen LogP contribution in [0.2, 0.25) is 0 Å². The van der Waals surface area contributed by atoms with Crippen molar-refractivity contribution in [2.75, 3.05) is 26.9 Å². The van der Waals surface area contributed by atoms with E-state index in [1.807, 2.05) is 6.92 Å². The molecule has 18 heavy (non-hydrogen) atoms. The quantitative estimate of drug-likeness (QED) is 0.720. The second kappa shape index (κ2) is 8.06. The summed E-state index contributed by atoms with van der Waals surface area (Å²) in [6.07, 6.45) is 0.881. The van der Waals surface area contributed by atoms with E-state index in [-0.39, 0.29) is 0 Å². The van der Waals surface area contributed by atoms with Crippen LogP contribution >= 0.6 is 0 Å². The van der Waals surface area contributed by atoms with Gasteiger partial charge in [0, 0.05) is 37.9 Å². The molecule has 4 nitrogen and oxygen atoms in total. The van der Waals surface area contributed by atoms with E-state index >= 15 is 0 Å². The number of aryl methyl sites for hydroxylation is 2. The summed E-state index contributed by atoms with van der Waals surface area (Å²) < 4.78 is 10.8. The Morgan fingerprint density at radius 2 is 2.06 bits per heavy atom. The molecule has 0 bridgehead atoms. The first-order valence-electron chi connectivity index (χ1n) is 6.48. The molecule has 0 aliphatic rings. The van der Waals surface area contributed by atoms with Crippen LogP contribution in [0.5, 0.6) is 5.88 Å². The van der Waals surface area contributed by atoms with Gasteiger partial charge >= 0.3 is 0 Å². The van der Waals surface area contributed by atoms with Gasteiger partial charge in [-0.2, -0.15) is 0 Å². The van der Waals surface area contributed by atoms with Crippen LogP contribution in [-0.4, -0.2) is 31.9 Å². The molecule has 0 spiro atoms. The van der Waals surface area contributed by atoms with Gasteiger partial charge in [0.25, 0.3) is 0 Å². The molecule has 1 N–H and O–H groups in total. The van der Waals surface area contributed by atoms with E-state index in [4.69, 9.17) is 9.47 Å². The monoisotopic (exact) mass is 252 g/mol. The Balaban J connectivity index is 2.72. The molecule has 0 amide bonds. The third-order valence-electron chi connectivity index (χ3n) is 2.72. The highest BCUT2D eigenvalue weighted by Crippen LogP contribution is 2.21. The van der Waals surface area contributed by atoms with E-state index in [1.165, 1.54) is 5.56 Å². The van der Waals surface area contributed by atoms with E-state index in [1.54, 1.807) is 7.11 Å². The molecule has 0 unspecified atom stereocenters. The Morgan fingerprint density at radius 1 is 1.28 bits per heavy atom. The zero-order valence-corrected chi connectivity index (χ0v) is 11.9. The highest BCUT2D eigenvalue weighted by Gasteiger charge is 2.09. The molecule has 102 valence electrons. The molecule has 0 aliphatic heterocycles. The minimum absolute atomic E-state index is 0.642. The first-order valence-corrected chi connectivity index (χ1v) is 6.48. The number of rotatable bonds is 8. The van der Waals surface area contributed by atoms with Gasteiger partial charge in [0.05, 0.1) is 6.61 Å². The molecular weight excluding hydrogens is 228 g/mol. The molecular formula is C14H24N2O2. The van der Waals surface area contributed by atoms with Gasteiger partial charge in [-0.1, -0.05) is 6.92 Å². The molecule has 0 saturated heterocycles. The van der Waals surface area contributed by atoms with Gasteiger partial charge in [-0.05, 0) is 32.0 Å². The van der Waals surface area contributed by atoms with Crippen molar-refractivity contribution in [1.82, 2.24) is 10.3 Å². The maximum atomic E-state index is 5.77. The summed E-state index contributed by atoms with van der Waals surface area (Å²) in [5, 5.41) is 3.32. The van der Waals surface area contributed by atoms with E-state index in [2.05, 4.69) is 30.2 Å². The van der Waals surface area contributed by atoms with E-state index in [9.17, 15) is 0 Å². The van der Waals surface area contributed by atoms with E-state index < -0.39 is 0 Å². The number of ether oxygens (including phenoxy) is 2. The van der Waals surface area contributed by atoms with Crippen LogP contribution in [0.1, 0.15) is 30.2 Å². The van der Waals surface area contributed by atoms with Crippen molar-refractivity contribution in [1.29, 1.82) is 0 Å². The van der Waals surface area contributed by atoms with Gasteiger partial charge in [0.1, 0.15) is 0 Å². The van der Waals surface area contributed by atoms with Crippen LogP contribution in [-0.2, 0) is 11.3 Å². The highest BCUT2D eigenvalue weighted by atomic mass is 16.5. The van der Waals surface area contributed by atoms with Crippen molar-refractivity contribution >= 4 is 0 Å². The fourth-order valence-electron chi connectivity index (χ4n) is 1.79. The maximum Gasteiger partial charge on any atom is 0.218 e. The standard InChI is InChI=1S/C14H24N2O2/c1-5-15-10-13-11(2)9-12(3)16-14(13)18-8-6-7-17-4/h9,15H,5-8,10H2,1-4H3. The lowest BCUT2D eigenvalue weighted by Gasteiger charge is -2.14. The van der Waals surface area contributed by atoms with Crippen LogP contribution in [0.15, 0.2) is 6.07 Å². The fraction of sp³-hybridized carbons (Fsp3) is 0.643. The summed E-state index contributed by atoms with van der Waals surface area (Å²) >= 11 is 0.